The first kappa shape index (κ1) is 20.8. The van der Waals surface area contributed by atoms with Crippen LogP contribution in [0.4, 0.5) is 5.82 Å². The zero-order chi connectivity index (χ0) is 14.7. The van der Waals surface area contributed by atoms with Gasteiger partial charge in [0.1, 0.15) is 11.6 Å². The van der Waals surface area contributed by atoms with E-state index in [0.717, 1.165) is 44.8 Å². The van der Waals surface area contributed by atoms with Gasteiger partial charge in [-0.25, -0.2) is 9.97 Å². The Bertz CT molecular complexity index is 499. The molecule has 0 spiro atoms. The van der Waals surface area contributed by atoms with Crippen LogP contribution in [0.1, 0.15) is 17.9 Å². The lowest BCUT2D eigenvalue weighted by Gasteiger charge is -2.35. The first-order valence-electron chi connectivity index (χ1n) is 7.73. The topological polar surface area (TPSA) is 41.5 Å². The Kier molecular flexibility index (Phi) is 8.93. The van der Waals surface area contributed by atoms with Crippen molar-refractivity contribution in [2.75, 3.05) is 57.6 Å². The fraction of sp³-hybridized carbons (Fsp3) is 0.733. The highest BCUT2D eigenvalue weighted by atomic mass is 35.5. The highest BCUT2D eigenvalue weighted by Gasteiger charge is 2.24. The van der Waals surface area contributed by atoms with Gasteiger partial charge in [-0.15, -0.1) is 36.6 Å². The second-order valence-electron chi connectivity index (χ2n) is 5.72. The third kappa shape index (κ3) is 5.10. The van der Waals surface area contributed by atoms with Crippen molar-refractivity contribution in [3.05, 3.63) is 11.5 Å². The molecule has 0 amide bonds. The molecule has 5 nitrogen and oxygen atoms in total. The predicted octanol–water partition coefficient (Wildman–Crippen LogP) is 2.30. The summed E-state index contributed by atoms with van der Waals surface area (Å²) >= 11 is 1.93. The van der Waals surface area contributed by atoms with Crippen LogP contribution >= 0.6 is 36.6 Å². The molecule has 0 saturated carbocycles. The lowest BCUT2D eigenvalue weighted by Crippen LogP contribution is -2.45. The van der Waals surface area contributed by atoms with E-state index in [-0.39, 0.29) is 24.8 Å². The van der Waals surface area contributed by atoms with Crippen molar-refractivity contribution in [2.24, 2.45) is 0 Å². The Balaban J connectivity index is 0.00000132. The SMILES string of the molecule is COCCc1nc2c(c(N3CCN(C)CC3)n1)SCCC2.Cl.Cl. The lowest BCUT2D eigenvalue weighted by molar-refractivity contribution is 0.200. The molecule has 2 aliphatic rings. The van der Waals surface area contributed by atoms with Gasteiger partial charge in [0.15, 0.2) is 0 Å². The molecule has 23 heavy (non-hydrogen) atoms. The molecule has 0 aliphatic carbocycles. The van der Waals surface area contributed by atoms with Gasteiger partial charge >= 0.3 is 0 Å². The molecule has 0 N–H and O–H groups in total. The molecule has 3 heterocycles. The van der Waals surface area contributed by atoms with Gasteiger partial charge in [-0.3, -0.25) is 0 Å². The van der Waals surface area contributed by atoms with E-state index < -0.39 is 0 Å². The largest absolute Gasteiger partial charge is 0.384 e. The lowest BCUT2D eigenvalue weighted by atomic mass is 10.2. The van der Waals surface area contributed by atoms with Crippen molar-refractivity contribution >= 4 is 42.4 Å². The summed E-state index contributed by atoms with van der Waals surface area (Å²) in [6, 6.07) is 0. The highest BCUT2D eigenvalue weighted by Crippen LogP contribution is 2.36. The summed E-state index contributed by atoms with van der Waals surface area (Å²) in [5.74, 6) is 3.30. The number of aryl methyl sites for hydroxylation is 1. The summed E-state index contributed by atoms with van der Waals surface area (Å²) in [4.78, 5) is 15.8. The minimum absolute atomic E-state index is 0. The van der Waals surface area contributed by atoms with Crippen LogP contribution in [0.2, 0.25) is 0 Å². The van der Waals surface area contributed by atoms with Gasteiger partial charge in [0, 0.05) is 39.7 Å². The smallest absolute Gasteiger partial charge is 0.146 e. The number of anilines is 1. The summed E-state index contributed by atoms with van der Waals surface area (Å²) in [5.41, 5.74) is 1.25. The molecule has 1 aromatic heterocycles. The van der Waals surface area contributed by atoms with Crippen LogP contribution in [0.25, 0.3) is 0 Å². The number of likely N-dealkylation sites (N-methyl/N-ethyl adjacent to an activating group) is 1. The molecule has 0 bridgehead atoms. The van der Waals surface area contributed by atoms with Crippen LogP contribution in [0.15, 0.2) is 4.90 Å². The van der Waals surface area contributed by atoms with Crippen LogP contribution in [-0.4, -0.2) is 67.6 Å². The maximum absolute atomic E-state index is 5.18. The van der Waals surface area contributed by atoms with Crippen LogP contribution < -0.4 is 4.90 Å². The molecular weight excluding hydrogens is 355 g/mol. The van der Waals surface area contributed by atoms with Crippen molar-refractivity contribution in [1.29, 1.82) is 0 Å². The molecule has 0 radical (unpaired) electrons. The molecule has 8 heteroatoms. The fourth-order valence-corrected chi connectivity index (χ4v) is 3.91. The number of aromatic nitrogens is 2. The predicted molar refractivity (Wildman–Crippen MR) is 101 cm³/mol. The summed E-state index contributed by atoms with van der Waals surface area (Å²) in [5, 5.41) is 0. The second kappa shape index (κ2) is 9.89. The Morgan fingerprint density at radius 2 is 1.87 bits per heavy atom. The van der Waals surface area contributed by atoms with E-state index in [9.17, 15) is 0 Å². The third-order valence-electron chi connectivity index (χ3n) is 4.10. The summed E-state index contributed by atoms with van der Waals surface area (Å²) in [6.07, 6.45) is 3.11. The number of ether oxygens (including phenoxy) is 1. The average molecular weight is 381 g/mol. The van der Waals surface area contributed by atoms with E-state index in [2.05, 4.69) is 16.8 Å². The van der Waals surface area contributed by atoms with E-state index in [0.29, 0.717) is 6.61 Å². The Morgan fingerprint density at radius 1 is 1.13 bits per heavy atom. The first-order chi connectivity index (χ1) is 10.3. The van der Waals surface area contributed by atoms with E-state index >= 15 is 0 Å². The zero-order valence-corrected chi connectivity index (χ0v) is 16.2. The van der Waals surface area contributed by atoms with E-state index in [1.807, 2.05) is 11.8 Å². The van der Waals surface area contributed by atoms with Gasteiger partial charge in [-0.1, -0.05) is 0 Å². The number of fused-ring (bicyclic) bond motifs is 1. The Labute approximate surface area is 155 Å². The quantitative estimate of drug-likeness (QED) is 0.797. The van der Waals surface area contributed by atoms with Crippen molar-refractivity contribution in [2.45, 2.75) is 24.2 Å². The van der Waals surface area contributed by atoms with Crippen LogP contribution in [0.3, 0.4) is 0 Å². The van der Waals surface area contributed by atoms with Crippen molar-refractivity contribution in [3.63, 3.8) is 0 Å². The van der Waals surface area contributed by atoms with Gasteiger partial charge in [-0.05, 0) is 25.6 Å². The number of hydrogen-bond donors (Lipinski definition) is 0. The summed E-state index contributed by atoms with van der Waals surface area (Å²) in [6.45, 7) is 5.02. The second-order valence-corrected chi connectivity index (χ2v) is 6.83. The molecule has 3 rings (SSSR count). The molecule has 1 saturated heterocycles. The number of hydrogen-bond acceptors (Lipinski definition) is 6. The van der Waals surface area contributed by atoms with Gasteiger partial charge in [0.05, 0.1) is 17.2 Å². The molecule has 0 aromatic carbocycles. The zero-order valence-electron chi connectivity index (χ0n) is 13.8. The van der Waals surface area contributed by atoms with Crippen molar-refractivity contribution < 1.29 is 4.74 Å². The molecular formula is C15H26Cl2N4OS. The first-order valence-corrected chi connectivity index (χ1v) is 8.71. The minimum atomic E-state index is 0. The number of halogens is 2. The van der Waals surface area contributed by atoms with Crippen LogP contribution in [0, 0.1) is 0 Å². The van der Waals surface area contributed by atoms with Gasteiger partial charge in [0.25, 0.3) is 0 Å². The number of nitrogens with zero attached hydrogens (tertiary/aromatic N) is 4. The Hall–Kier alpha value is -0.270. The summed E-state index contributed by atoms with van der Waals surface area (Å²) < 4.78 is 5.18. The van der Waals surface area contributed by atoms with Crippen LogP contribution in [0.5, 0.6) is 0 Å². The molecule has 1 fully saturated rings. The van der Waals surface area contributed by atoms with E-state index in [4.69, 9.17) is 14.7 Å². The monoisotopic (exact) mass is 380 g/mol. The minimum Gasteiger partial charge on any atom is -0.384 e. The molecule has 1 aromatic rings. The molecule has 0 unspecified atom stereocenters. The van der Waals surface area contributed by atoms with Crippen LogP contribution in [-0.2, 0) is 17.6 Å². The number of rotatable bonds is 4. The Morgan fingerprint density at radius 3 is 2.57 bits per heavy atom. The highest BCUT2D eigenvalue weighted by molar-refractivity contribution is 7.99. The maximum atomic E-state index is 5.18. The molecule has 132 valence electrons. The normalized spacial score (nSPS) is 17.9. The van der Waals surface area contributed by atoms with Gasteiger partial charge in [-0.2, -0.15) is 0 Å². The summed E-state index contributed by atoms with van der Waals surface area (Å²) in [7, 11) is 3.92. The van der Waals surface area contributed by atoms with Crippen molar-refractivity contribution in [1.82, 2.24) is 14.9 Å². The molecule has 0 atom stereocenters. The average Bonchev–Trinajstić information content (AvgIpc) is 2.53. The standard InChI is InChI=1S/C15H24N4OS.2ClH/c1-18-6-8-19(9-7-18)15-14-12(4-3-11-21-14)16-13(17-15)5-10-20-2;;/h3-11H2,1-2H3;2*1H. The van der Waals surface area contributed by atoms with E-state index in [1.54, 1.807) is 7.11 Å². The maximum Gasteiger partial charge on any atom is 0.146 e. The van der Waals surface area contributed by atoms with Crippen molar-refractivity contribution in [3.8, 4) is 0 Å². The molecule has 2 aliphatic heterocycles. The number of thioether (sulfide) groups is 1. The number of methoxy groups -OCH3 is 1. The number of piperazine rings is 1. The van der Waals surface area contributed by atoms with Gasteiger partial charge < -0.3 is 14.5 Å². The van der Waals surface area contributed by atoms with E-state index in [1.165, 1.54) is 28.6 Å². The van der Waals surface area contributed by atoms with Gasteiger partial charge in [0.2, 0.25) is 0 Å². The fourth-order valence-electron chi connectivity index (χ4n) is 2.80. The third-order valence-corrected chi connectivity index (χ3v) is 5.30.